The van der Waals surface area contributed by atoms with Crippen LogP contribution in [0, 0.1) is 0 Å². The third-order valence-electron chi connectivity index (χ3n) is 14.6. The summed E-state index contributed by atoms with van der Waals surface area (Å²) in [5, 5.41) is 2.60. The van der Waals surface area contributed by atoms with E-state index < -0.39 is 0 Å². The molecule has 10 rings (SSSR count). The Kier molecular flexibility index (Phi) is 10.5. The van der Waals surface area contributed by atoms with Crippen molar-refractivity contribution in [2.45, 2.75) is 105 Å². The Hall–Kier alpha value is -6.78. The molecular weight excluding hydrogens is 825 g/mol. The second-order valence-corrected chi connectivity index (χ2v) is 23.4. The van der Waals surface area contributed by atoms with Crippen LogP contribution in [0.25, 0.3) is 33.0 Å². The van der Waals surface area contributed by atoms with Gasteiger partial charge in [-0.25, -0.2) is 0 Å². The molecule has 4 heteroatoms. The molecule has 68 heavy (non-hydrogen) atoms. The third kappa shape index (κ3) is 7.72. The van der Waals surface area contributed by atoms with Gasteiger partial charge in [0.2, 0.25) is 0 Å². The lowest BCUT2D eigenvalue weighted by molar-refractivity contribution is 0.590. The summed E-state index contributed by atoms with van der Waals surface area (Å²) in [5.74, 6) is 0. The average molecular weight is 893 g/mol. The third-order valence-corrected chi connectivity index (χ3v) is 14.6. The van der Waals surface area contributed by atoms with Crippen LogP contribution in [0.2, 0.25) is 0 Å². The van der Waals surface area contributed by atoms with Crippen LogP contribution in [0.15, 0.2) is 158 Å². The first-order valence-electron chi connectivity index (χ1n) is 24.5. The van der Waals surface area contributed by atoms with Crippen LogP contribution < -0.4 is 19.6 Å². The molecule has 0 amide bonds. The zero-order valence-corrected chi connectivity index (χ0v) is 42.8. The van der Waals surface area contributed by atoms with Gasteiger partial charge in [-0.15, -0.1) is 0 Å². The van der Waals surface area contributed by atoms with Gasteiger partial charge in [-0.05, 0) is 140 Å². The minimum absolute atomic E-state index is 0.0701. The molecule has 0 N–H and O–H groups in total. The highest BCUT2D eigenvalue weighted by Gasteiger charge is 2.32. The molecule has 0 spiro atoms. The van der Waals surface area contributed by atoms with E-state index >= 15 is 0 Å². The van der Waals surface area contributed by atoms with Crippen LogP contribution in [-0.2, 0) is 21.7 Å². The van der Waals surface area contributed by atoms with Crippen molar-refractivity contribution in [1.29, 1.82) is 0 Å². The highest BCUT2D eigenvalue weighted by molar-refractivity contribution is 6.23. The summed E-state index contributed by atoms with van der Waals surface area (Å²) in [6.45, 7) is 27.3. The van der Waals surface area contributed by atoms with Crippen LogP contribution in [0.1, 0.15) is 105 Å². The van der Waals surface area contributed by atoms with Gasteiger partial charge in [-0.3, -0.25) is 0 Å². The van der Waals surface area contributed by atoms with Crippen molar-refractivity contribution >= 4 is 67.6 Å². The van der Waals surface area contributed by atoms with E-state index in [9.17, 15) is 0 Å². The van der Waals surface area contributed by atoms with Gasteiger partial charge in [-0.2, -0.15) is 0 Å². The van der Waals surface area contributed by atoms with Gasteiger partial charge in [0.1, 0.15) is 0 Å². The maximum atomic E-state index is 2.41. The van der Waals surface area contributed by atoms with Gasteiger partial charge in [0.25, 0.3) is 0 Å². The first-order chi connectivity index (χ1) is 32.1. The number of rotatable bonds is 6. The van der Waals surface area contributed by atoms with E-state index in [4.69, 9.17) is 0 Å². The summed E-state index contributed by atoms with van der Waals surface area (Å²) in [6, 6.07) is 60.0. The first-order valence-corrected chi connectivity index (χ1v) is 24.5. The standard InChI is InChI=1S/C64H68N4/c1-61(2,3)41-15-23-45(24-16-41)67(46-25-17-42(18-26-46)62(4,5)6)49-31-33-51-53-35-36-54-52-34-32-50(40-58(52)66(14)56-38-37-55(59(53)60(54)56)65(13)57(51)39-49)68(47-27-19-43(20-28-47)63(7,8)9)48-29-21-44(22-30-48)64(10,11)12/h15-40H,1-14H3. The normalized spacial score (nSPS) is 13.4. The Morgan fingerprint density at radius 1 is 0.265 bits per heavy atom. The highest BCUT2D eigenvalue weighted by Crippen LogP contribution is 2.57. The van der Waals surface area contributed by atoms with Crippen molar-refractivity contribution in [3.8, 4) is 22.3 Å². The van der Waals surface area contributed by atoms with E-state index in [1.807, 2.05) is 0 Å². The molecule has 0 bridgehead atoms. The van der Waals surface area contributed by atoms with Crippen LogP contribution in [0.3, 0.4) is 0 Å². The summed E-state index contributed by atoms with van der Waals surface area (Å²) < 4.78 is 0. The molecule has 0 radical (unpaired) electrons. The molecule has 0 saturated heterocycles. The maximum absolute atomic E-state index is 2.41. The van der Waals surface area contributed by atoms with Crippen LogP contribution in [0.5, 0.6) is 0 Å². The summed E-state index contributed by atoms with van der Waals surface area (Å²) >= 11 is 0. The van der Waals surface area contributed by atoms with Crippen molar-refractivity contribution < 1.29 is 0 Å². The van der Waals surface area contributed by atoms with Crippen LogP contribution >= 0.6 is 0 Å². The molecule has 0 fully saturated rings. The largest absolute Gasteiger partial charge is 0.344 e. The molecule has 2 heterocycles. The summed E-state index contributed by atoms with van der Waals surface area (Å²) in [5.41, 5.74) is 22.3. The molecule has 8 aromatic carbocycles. The Bertz CT molecular complexity index is 2870. The molecule has 0 aromatic heterocycles. The molecule has 0 aliphatic carbocycles. The van der Waals surface area contributed by atoms with Gasteiger partial charge < -0.3 is 19.6 Å². The van der Waals surface area contributed by atoms with E-state index in [0.29, 0.717) is 0 Å². The number of hydrogen-bond donors (Lipinski definition) is 0. The topological polar surface area (TPSA) is 13.0 Å². The number of hydrogen-bond acceptors (Lipinski definition) is 4. The Morgan fingerprint density at radius 2 is 0.500 bits per heavy atom. The van der Waals surface area contributed by atoms with Gasteiger partial charge >= 0.3 is 0 Å². The van der Waals surface area contributed by atoms with E-state index in [2.05, 4.69) is 275 Å². The zero-order chi connectivity index (χ0) is 48.2. The summed E-state index contributed by atoms with van der Waals surface area (Å²) in [6.07, 6.45) is 0. The first kappa shape index (κ1) is 45.0. The fourth-order valence-electron chi connectivity index (χ4n) is 10.4. The van der Waals surface area contributed by atoms with E-state index in [1.54, 1.807) is 0 Å². The Balaban J connectivity index is 1.07. The zero-order valence-electron chi connectivity index (χ0n) is 42.8. The number of nitrogens with zero attached hydrogens (tertiary/aromatic N) is 4. The Morgan fingerprint density at radius 3 is 0.750 bits per heavy atom. The van der Waals surface area contributed by atoms with Crippen LogP contribution in [-0.4, -0.2) is 14.1 Å². The highest BCUT2D eigenvalue weighted by atomic mass is 15.2. The summed E-state index contributed by atoms with van der Waals surface area (Å²) in [4.78, 5) is 9.63. The van der Waals surface area contributed by atoms with Gasteiger partial charge in [-0.1, -0.05) is 156 Å². The lowest BCUT2D eigenvalue weighted by atomic mass is 9.84. The molecule has 0 saturated carbocycles. The van der Waals surface area contributed by atoms with E-state index in [0.717, 1.165) is 34.1 Å². The van der Waals surface area contributed by atoms with Crippen molar-refractivity contribution in [2.24, 2.45) is 0 Å². The molecule has 344 valence electrons. The predicted molar refractivity (Wildman–Crippen MR) is 295 cm³/mol. The molecular formula is C64H68N4. The van der Waals surface area contributed by atoms with Gasteiger partial charge in [0.15, 0.2) is 0 Å². The maximum Gasteiger partial charge on any atom is 0.0509 e. The molecule has 0 atom stereocenters. The van der Waals surface area contributed by atoms with Crippen LogP contribution in [0.4, 0.5) is 56.9 Å². The fourth-order valence-corrected chi connectivity index (χ4v) is 10.4. The lowest BCUT2D eigenvalue weighted by Gasteiger charge is -2.37. The van der Waals surface area contributed by atoms with Crippen molar-refractivity contribution in [1.82, 2.24) is 0 Å². The molecule has 2 aliphatic heterocycles. The smallest absolute Gasteiger partial charge is 0.0509 e. The molecule has 4 nitrogen and oxygen atoms in total. The average Bonchev–Trinajstić information content (AvgIpc) is 3.30. The molecule has 8 aromatic rings. The number of benzene rings is 8. The van der Waals surface area contributed by atoms with E-state index in [1.165, 1.54) is 78.0 Å². The second-order valence-electron chi connectivity index (χ2n) is 23.4. The monoisotopic (exact) mass is 893 g/mol. The van der Waals surface area contributed by atoms with Gasteiger partial charge in [0, 0.05) is 81.5 Å². The van der Waals surface area contributed by atoms with Crippen molar-refractivity contribution in [3.05, 3.63) is 180 Å². The predicted octanol–water partition coefficient (Wildman–Crippen LogP) is 18.5. The second kappa shape index (κ2) is 15.9. The number of anilines is 10. The minimum atomic E-state index is 0.0701. The molecule has 2 aliphatic rings. The van der Waals surface area contributed by atoms with Gasteiger partial charge in [0.05, 0.1) is 11.4 Å². The fraction of sp³-hybridized carbons (Fsp3) is 0.281. The summed E-state index contributed by atoms with van der Waals surface area (Å²) in [7, 11) is 4.47. The quantitative estimate of drug-likeness (QED) is 0.165. The van der Waals surface area contributed by atoms with E-state index in [-0.39, 0.29) is 21.7 Å². The lowest BCUT2D eigenvalue weighted by Crippen LogP contribution is -2.20. The van der Waals surface area contributed by atoms with Crippen molar-refractivity contribution in [2.75, 3.05) is 33.7 Å². The number of fused-ring (bicyclic) bond motifs is 4. The Labute approximate surface area is 406 Å². The van der Waals surface area contributed by atoms with Crippen molar-refractivity contribution in [3.63, 3.8) is 0 Å². The molecule has 0 unspecified atom stereocenters. The SMILES string of the molecule is CN1c2cc(N(c3ccc(C(C)(C)C)cc3)c3ccc(C(C)(C)C)cc3)ccc2-c2ccc3c4c(ccc1c24)N(C)c1cc(N(c2ccc(C(C)(C)C)cc2)c2ccc(C(C)(C)C)cc2)ccc1-3. The minimum Gasteiger partial charge on any atom is -0.344 e.